The number of likely N-dealkylation sites (tertiary alicyclic amines) is 1. The minimum atomic E-state index is 0. The van der Waals surface area contributed by atoms with Crippen LogP contribution < -0.4 is 5.73 Å². The maximum absolute atomic E-state index is 13.5. The molecular formula is C24H27ClN4O. The van der Waals surface area contributed by atoms with Gasteiger partial charge in [0.1, 0.15) is 5.69 Å². The summed E-state index contributed by atoms with van der Waals surface area (Å²) in [6, 6.07) is 20.4. The number of rotatable bonds is 4. The second-order valence-electron chi connectivity index (χ2n) is 8.32. The number of nitrogens with zero attached hydrogens (tertiary/aromatic N) is 3. The number of halogens is 1. The molecule has 30 heavy (non-hydrogen) atoms. The van der Waals surface area contributed by atoms with Gasteiger partial charge in [0.05, 0.1) is 12.1 Å². The van der Waals surface area contributed by atoms with Crippen LogP contribution in [0.1, 0.15) is 28.8 Å². The molecule has 5 nitrogen and oxygen atoms in total. The highest BCUT2D eigenvalue weighted by Gasteiger charge is 2.43. The monoisotopic (exact) mass is 422 g/mol. The summed E-state index contributed by atoms with van der Waals surface area (Å²) < 4.78 is 1.88. The lowest BCUT2D eigenvalue weighted by molar-refractivity contribution is 0.0780. The summed E-state index contributed by atoms with van der Waals surface area (Å²) in [5.74, 6) is 1.07. The predicted octanol–water partition coefficient (Wildman–Crippen LogP) is 3.83. The van der Waals surface area contributed by atoms with E-state index in [1.165, 1.54) is 0 Å². The SMILES string of the molecule is Cl.NC1CCC2CN(C(=O)c3cn(Cc4ccccc4)nc3-c3ccccc3)CC12. The topological polar surface area (TPSA) is 64.2 Å². The van der Waals surface area contributed by atoms with Crippen LogP contribution >= 0.6 is 12.4 Å². The van der Waals surface area contributed by atoms with Crippen LogP contribution in [0.4, 0.5) is 0 Å². The van der Waals surface area contributed by atoms with Gasteiger partial charge in [0.2, 0.25) is 0 Å². The highest BCUT2D eigenvalue weighted by molar-refractivity contribution is 6.00. The van der Waals surface area contributed by atoms with E-state index >= 15 is 0 Å². The first-order chi connectivity index (χ1) is 14.2. The summed E-state index contributed by atoms with van der Waals surface area (Å²) >= 11 is 0. The van der Waals surface area contributed by atoms with Crippen LogP contribution in [-0.2, 0) is 6.54 Å². The van der Waals surface area contributed by atoms with Crippen molar-refractivity contribution in [2.24, 2.45) is 17.6 Å². The molecule has 2 aliphatic rings. The fourth-order valence-electron chi connectivity index (χ4n) is 4.88. The number of amides is 1. The number of aromatic nitrogens is 2. The third-order valence-electron chi connectivity index (χ3n) is 6.43. The number of hydrogen-bond donors (Lipinski definition) is 1. The average molecular weight is 423 g/mol. The number of benzene rings is 2. The van der Waals surface area contributed by atoms with Gasteiger partial charge in [-0.2, -0.15) is 5.10 Å². The fraction of sp³-hybridized carbons (Fsp3) is 0.333. The van der Waals surface area contributed by atoms with Crippen molar-refractivity contribution in [2.45, 2.75) is 25.4 Å². The van der Waals surface area contributed by atoms with Crippen LogP contribution in [0.2, 0.25) is 0 Å². The van der Waals surface area contributed by atoms with Gasteiger partial charge in [0.15, 0.2) is 0 Å². The molecule has 3 unspecified atom stereocenters. The van der Waals surface area contributed by atoms with Crippen molar-refractivity contribution in [2.75, 3.05) is 13.1 Å². The molecule has 0 bridgehead atoms. The minimum Gasteiger partial charge on any atom is -0.338 e. The second-order valence-corrected chi connectivity index (χ2v) is 8.32. The van der Waals surface area contributed by atoms with Gasteiger partial charge in [-0.1, -0.05) is 60.7 Å². The van der Waals surface area contributed by atoms with Gasteiger partial charge in [0.25, 0.3) is 5.91 Å². The molecule has 1 aromatic heterocycles. The predicted molar refractivity (Wildman–Crippen MR) is 121 cm³/mol. The van der Waals surface area contributed by atoms with Crippen LogP contribution in [0.3, 0.4) is 0 Å². The Morgan fingerprint density at radius 1 is 1.00 bits per heavy atom. The maximum Gasteiger partial charge on any atom is 0.257 e. The lowest BCUT2D eigenvalue weighted by atomic mass is 9.98. The van der Waals surface area contributed by atoms with Crippen molar-refractivity contribution >= 4 is 18.3 Å². The zero-order chi connectivity index (χ0) is 19.8. The van der Waals surface area contributed by atoms with Gasteiger partial charge in [-0.05, 0) is 30.2 Å². The fourth-order valence-corrected chi connectivity index (χ4v) is 4.88. The molecule has 2 N–H and O–H groups in total. The number of nitrogens with two attached hydrogens (primary N) is 1. The zero-order valence-corrected chi connectivity index (χ0v) is 17.7. The molecule has 1 aliphatic carbocycles. The molecule has 2 fully saturated rings. The van der Waals surface area contributed by atoms with E-state index in [1.807, 2.05) is 64.3 Å². The highest BCUT2D eigenvalue weighted by atomic mass is 35.5. The molecule has 6 heteroatoms. The lowest BCUT2D eigenvalue weighted by Crippen LogP contribution is -2.33. The van der Waals surface area contributed by atoms with Crippen LogP contribution in [0.15, 0.2) is 66.9 Å². The molecule has 0 spiro atoms. The zero-order valence-electron chi connectivity index (χ0n) is 16.9. The van der Waals surface area contributed by atoms with Gasteiger partial charge in [-0.3, -0.25) is 9.48 Å². The van der Waals surface area contributed by atoms with E-state index in [9.17, 15) is 4.79 Å². The second kappa shape index (κ2) is 8.62. The van der Waals surface area contributed by atoms with Crippen molar-refractivity contribution in [3.63, 3.8) is 0 Å². The normalized spacial score (nSPS) is 22.6. The standard InChI is InChI=1S/C24H26N4O.ClH/c25-22-12-11-19-14-27(15-20(19)22)24(29)21-16-28(13-17-7-3-1-4-8-17)26-23(21)18-9-5-2-6-10-18;/h1-10,16,19-20,22H,11-15,25H2;1H. The summed E-state index contributed by atoms with van der Waals surface area (Å²) in [6.45, 7) is 2.22. The molecular weight excluding hydrogens is 396 g/mol. The van der Waals surface area contributed by atoms with Crippen LogP contribution in [0, 0.1) is 11.8 Å². The summed E-state index contributed by atoms with van der Waals surface area (Å²) in [5, 5.41) is 4.80. The van der Waals surface area contributed by atoms with Gasteiger partial charge < -0.3 is 10.6 Å². The Morgan fingerprint density at radius 3 is 2.40 bits per heavy atom. The first-order valence-electron chi connectivity index (χ1n) is 10.4. The molecule has 0 radical (unpaired) electrons. The van der Waals surface area contributed by atoms with Crippen molar-refractivity contribution in [3.05, 3.63) is 78.0 Å². The third-order valence-corrected chi connectivity index (χ3v) is 6.43. The maximum atomic E-state index is 13.5. The average Bonchev–Trinajstić information content (AvgIpc) is 3.45. The Labute approximate surface area is 183 Å². The Hall–Kier alpha value is -2.63. The van der Waals surface area contributed by atoms with Gasteiger partial charge in [0, 0.05) is 30.9 Å². The van der Waals surface area contributed by atoms with E-state index in [1.54, 1.807) is 0 Å². The largest absolute Gasteiger partial charge is 0.338 e. The molecule has 2 aromatic carbocycles. The number of fused-ring (bicyclic) bond motifs is 1. The Morgan fingerprint density at radius 2 is 1.70 bits per heavy atom. The smallest absolute Gasteiger partial charge is 0.257 e. The first-order valence-corrected chi connectivity index (χ1v) is 10.4. The van der Waals surface area contributed by atoms with Gasteiger partial charge in [-0.25, -0.2) is 0 Å². The molecule has 1 aliphatic heterocycles. The summed E-state index contributed by atoms with van der Waals surface area (Å²) in [5.41, 5.74) is 9.85. The number of carbonyl (C=O) groups excluding carboxylic acids is 1. The van der Waals surface area contributed by atoms with E-state index in [0.717, 1.165) is 42.8 Å². The van der Waals surface area contributed by atoms with E-state index < -0.39 is 0 Å². The Bertz CT molecular complexity index is 1000. The van der Waals surface area contributed by atoms with Crippen LogP contribution in [0.25, 0.3) is 11.3 Å². The van der Waals surface area contributed by atoms with Gasteiger partial charge >= 0.3 is 0 Å². The van der Waals surface area contributed by atoms with Crippen molar-refractivity contribution in [3.8, 4) is 11.3 Å². The number of carbonyl (C=O) groups is 1. The summed E-state index contributed by atoms with van der Waals surface area (Å²) in [4.78, 5) is 15.5. The lowest BCUT2D eigenvalue weighted by Gasteiger charge is -2.18. The van der Waals surface area contributed by atoms with E-state index in [4.69, 9.17) is 10.8 Å². The van der Waals surface area contributed by atoms with E-state index in [-0.39, 0.29) is 24.4 Å². The van der Waals surface area contributed by atoms with Gasteiger partial charge in [-0.15, -0.1) is 12.4 Å². The van der Waals surface area contributed by atoms with Crippen molar-refractivity contribution in [1.29, 1.82) is 0 Å². The highest BCUT2D eigenvalue weighted by Crippen LogP contribution is 2.38. The van der Waals surface area contributed by atoms with E-state index in [2.05, 4.69) is 12.1 Å². The van der Waals surface area contributed by atoms with Crippen LogP contribution in [-0.4, -0.2) is 39.7 Å². The molecule has 1 saturated carbocycles. The number of hydrogen-bond acceptors (Lipinski definition) is 3. The molecule has 1 saturated heterocycles. The first kappa shape index (κ1) is 20.6. The molecule has 5 rings (SSSR count). The molecule has 156 valence electrons. The van der Waals surface area contributed by atoms with Crippen LogP contribution in [0.5, 0.6) is 0 Å². The summed E-state index contributed by atoms with van der Waals surface area (Å²) in [6.07, 6.45) is 4.13. The minimum absolute atomic E-state index is 0. The molecule has 1 amide bonds. The Balaban J connectivity index is 0.00000218. The summed E-state index contributed by atoms with van der Waals surface area (Å²) in [7, 11) is 0. The van der Waals surface area contributed by atoms with Crippen molar-refractivity contribution in [1.82, 2.24) is 14.7 Å². The molecule has 3 aromatic rings. The molecule has 2 heterocycles. The Kier molecular flexibility index (Phi) is 5.93. The van der Waals surface area contributed by atoms with Crippen molar-refractivity contribution < 1.29 is 4.79 Å². The quantitative estimate of drug-likeness (QED) is 0.694. The third kappa shape index (κ3) is 3.87. The molecule has 3 atom stereocenters. The van der Waals surface area contributed by atoms with E-state index in [0.29, 0.717) is 23.9 Å².